The lowest BCUT2D eigenvalue weighted by atomic mass is 10.1. The molecule has 0 saturated heterocycles. The lowest BCUT2D eigenvalue weighted by Crippen LogP contribution is -2.49. The summed E-state index contributed by atoms with van der Waals surface area (Å²) in [7, 11) is 0. The van der Waals surface area contributed by atoms with Gasteiger partial charge < -0.3 is 15.0 Å². The number of hydrogen-bond acceptors (Lipinski definition) is 3. The maximum absolute atomic E-state index is 12.9. The third-order valence-electron chi connectivity index (χ3n) is 4.24. The number of carbonyl (C=O) groups excluding carboxylic acids is 2. The predicted molar refractivity (Wildman–Crippen MR) is 112 cm³/mol. The van der Waals surface area contributed by atoms with E-state index in [9.17, 15) is 9.59 Å². The Hall–Kier alpha value is -2.24. The van der Waals surface area contributed by atoms with E-state index >= 15 is 0 Å². The van der Waals surface area contributed by atoms with Crippen molar-refractivity contribution in [1.82, 2.24) is 10.2 Å². The van der Waals surface area contributed by atoms with Gasteiger partial charge in [-0.15, -0.1) is 0 Å². The lowest BCUT2D eigenvalue weighted by molar-refractivity contribution is -0.142. The van der Waals surface area contributed by atoms with Crippen LogP contribution >= 0.6 is 23.2 Å². The van der Waals surface area contributed by atoms with Gasteiger partial charge in [-0.1, -0.05) is 47.0 Å². The summed E-state index contributed by atoms with van der Waals surface area (Å²) in [6.45, 7) is 6.02. The van der Waals surface area contributed by atoms with Crippen LogP contribution in [0.15, 0.2) is 42.5 Å². The molecule has 0 unspecified atom stereocenters. The third-order valence-corrected chi connectivity index (χ3v) is 4.98. The number of halogens is 2. The van der Waals surface area contributed by atoms with Gasteiger partial charge in [0, 0.05) is 13.1 Å². The van der Waals surface area contributed by atoms with Gasteiger partial charge in [0.05, 0.1) is 10.0 Å². The summed E-state index contributed by atoms with van der Waals surface area (Å²) in [6, 6.07) is 11.9. The minimum Gasteiger partial charge on any atom is -0.484 e. The number of aryl methyl sites for hydroxylation is 1. The van der Waals surface area contributed by atoms with Crippen LogP contribution in [-0.4, -0.2) is 35.9 Å². The molecule has 0 aliphatic heterocycles. The highest BCUT2D eigenvalue weighted by molar-refractivity contribution is 6.42. The van der Waals surface area contributed by atoms with E-state index in [-0.39, 0.29) is 25.0 Å². The Kier molecular flexibility index (Phi) is 8.15. The van der Waals surface area contributed by atoms with Gasteiger partial charge in [-0.25, -0.2) is 0 Å². The molecule has 0 aromatic heterocycles. The Morgan fingerprint density at radius 1 is 1.11 bits per heavy atom. The molecule has 0 bridgehead atoms. The number of rotatable bonds is 8. The molecule has 0 radical (unpaired) electrons. The Labute approximate surface area is 175 Å². The first-order valence-electron chi connectivity index (χ1n) is 9.02. The van der Waals surface area contributed by atoms with Crippen molar-refractivity contribution in [2.45, 2.75) is 33.4 Å². The van der Waals surface area contributed by atoms with Crippen molar-refractivity contribution in [2.75, 3.05) is 13.2 Å². The molecule has 5 nitrogen and oxygen atoms in total. The van der Waals surface area contributed by atoms with Crippen molar-refractivity contribution >= 4 is 35.0 Å². The van der Waals surface area contributed by atoms with E-state index in [1.807, 2.05) is 26.0 Å². The number of amides is 2. The molecule has 150 valence electrons. The zero-order chi connectivity index (χ0) is 20.7. The van der Waals surface area contributed by atoms with E-state index in [2.05, 4.69) is 5.32 Å². The summed E-state index contributed by atoms with van der Waals surface area (Å²) in [5, 5.41) is 3.58. The van der Waals surface area contributed by atoms with Gasteiger partial charge in [-0.3, -0.25) is 9.59 Å². The maximum atomic E-state index is 12.9. The quantitative estimate of drug-likeness (QED) is 0.691. The summed E-state index contributed by atoms with van der Waals surface area (Å²) in [6.07, 6.45) is 0. The molecule has 0 heterocycles. The number of benzene rings is 2. The van der Waals surface area contributed by atoms with E-state index in [1.54, 1.807) is 37.3 Å². The van der Waals surface area contributed by atoms with Gasteiger partial charge in [-0.2, -0.15) is 0 Å². The summed E-state index contributed by atoms with van der Waals surface area (Å²) < 4.78 is 5.60. The summed E-state index contributed by atoms with van der Waals surface area (Å²) in [5.41, 5.74) is 1.87. The molecular weight excluding hydrogens is 399 g/mol. The van der Waals surface area contributed by atoms with Crippen LogP contribution in [0.3, 0.4) is 0 Å². The van der Waals surface area contributed by atoms with E-state index in [1.165, 1.54) is 4.90 Å². The molecule has 0 aliphatic rings. The Balaban J connectivity index is 2.15. The van der Waals surface area contributed by atoms with Crippen LogP contribution < -0.4 is 10.1 Å². The smallest absolute Gasteiger partial charge is 0.261 e. The van der Waals surface area contributed by atoms with E-state index < -0.39 is 6.04 Å². The topological polar surface area (TPSA) is 58.6 Å². The van der Waals surface area contributed by atoms with Crippen LogP contribution in [0.2, 0.25) is 10.0 Å². The molecule has 7 heteroatoms. The van der Waals surface area contributed by atoms with Crippen molar-refractivity contribution in [1.29, 1.82) is 0 Å². The SMILES string of the molecule is CCNC(=O)[C@@H](C)N(Cc1ccc(Cl)c(Cl)c1)C(=O)COc1ccc(C)cc1. The largest absolute Gasteiger partial charge is 0.484 e. The van der Waals surface area contributed by atoms with Gasteiger partial charge in [0.2, 0.25) is 5.91 Å². The minimum absolute atomic E-state index is 0.172. The average molecular weight is 423 g/mol. The van der Waals surface area contributed by atoms with E-state index in [0.717, 1.165) is 11.1 Å². The first-order valence-corrected chi connectivity index (χ1v) is 9.78. The molecule has 1 N–H and O–H groups in total. The normalized spacial score (nSPS) is 11.6. The standard InChI is InChI=1S/C21H24Cl2N2O3/c1-4-24-21(27)15(3)25(12-16-7-10-18(22)19(23)11-16)20(26)13-28-17-8-5-14(2)6-9-17/h5-11,15H,4,12-13H2,1-3H3,(H,24,27)/t15-/m1/s1. The molecule has 0 fully saturated rings. The fraction of sp³-hybridized carbons (Fsp3) is 0.333. The zero-order valence-corrected chi connectivity index (χ0v) is 17.7. The van der Waals surface area contributed by atoms with Gasteiger partial charge in [0.1, 0.15) is 11.8 Å². The van der Waals surface area contributed by atoms with Crippen LogP contribution in [-0.2, 0) is 16.1 Å². The Bertz CT molecular complexity index is 825. The predicted octanol–water partition coefficient (Wildman–Crippen LogP) is 4.23. The number of nitrogens with zero attached hydrogens (tertiary/aromatic N) is 1. The second-order valence-electron chi connectivity index (χ2n) is 6.44. The van der Waals surface area contributed by atoms with Gasteiger partial charge in [0.25, 0.3) is 5.91 Å². The van der Waals surface area contributed by atoms with Crippen LogP contribution in [0.4, 0.5) is 0 Å². The fourth-order valence-electron chi connectivity index (χ4n) is 2.60. The highest BCUT2D eigenvalue weighted by Gasteiger charge is 2.26. The number of nitrogens with one attached hydrogen (secondary N) is 1. The van der Waals surface area contributed by atoms with Crippen molar-refractivity contribution in [3.05, 3.63) is 63.6 Å². The molecule has 2 rings (SSSR count). The second kappa shape index (κ2) is 10.3. The number of likely N-dealkylation sites (N-methyl/N-ethyl adjacent to an activating group) is 1. The zero-order valence-electron chi connectivity index (χ0n) is 16.2. The molecule has 2 aromatic carbocycles. The first kappa shape index (κ1) is 22.1. The van der Waals surface area contributed by atoms with Crippen LogP contribution in [0, 0.1) is 6.92 Å². The summed E-state index contributed by atoms with van der Waals surface area (Å²) in [5.74, 6) is 0.0655. The number of carbonyl (C=O) groups is 2. The van der Waals surface area contributed by atoms with Gasteiger partial charge in [0.15, 0.2) is 6.61 Å². The van der Waals surface area contributed by atoms with E-state index in [0.29, 0.717) is 22.3 Å². The molecule has 2 amide bonds. The first-order chi connectivity index (χ1) is 13.3. The molecular formula is C21H24Cl2N2O3. The van der Waals surface area contributed by atoms with Crippen molar-refractivity contribution < 1.29 is 14.3 Å². The molecule has 0 saturated carbocycles. The maximum Gasteiger partial charge on any atom is 0.261 e. The minimum atomic E-state index is -0.663. The molecule has 1 atom stereocenters. The molecule has 2 aromatic rings. The van der Waals surface area contributed by atoms with Crippen molar-refractivity contribution in [2.24, 2.45) is 0 Å². The second-order valence-corrected chi connectivity index (χ2v) is 7.26. The highest BCUT2D eigenvalue weighted by atomic mass is 35.5. The van der Waals surface area contributed by atoms with Crippen molar-refractivity contribution in [3.63, 3.8) is 0 Å². The summed E-state index contributed by atoms with van der Waals surface area (Å²) in [4.78, 5) is 26.6. The molecule has 0 aliphatic carbocycles. The Morgan fingerprint density at radius 3 is 2.39 bits per heavy atom. The molecule has 0 spiro atoms. The Morgan fingerprint density at radius 2 is 1.79 bits per heavy atom. The third kappa shape index (κ3) is 6.14. The number of ether oxygens (including phenoxy) is 1. The summed E-state index contributed by atoms with van der Waals surface area (Å²) >= 11 is 12.0. The lowest BCUT2D eigenvalue weighted by Gasteiger charge is -2.28. The average Bonchev–Trinajstić information content (AvgIpc) is 2.67. The van der Waals surface area contributed by atoms with Crippen LogP contribution in [0.1, 0.15) is 25.0 Å². The van der Waals surface area contributed by atoms with Crippen molar-refractivity contribution in [3.8, 4) is 5.75 Å². The number of hydrogen-bond donors (Lipinski definition) is 1. The van der Waals surface area contributed by atoms with Gasteiger partial charge >= 0.3 is 0 Å². The monoisotopic (exact) mass is 422 g/mol. The molecule has 28 heavy (non-hydrogen) atoms. The van der Waals surface area contributed by atoms with E-state index in [4.69, 9.17) is 27.9 Å². The fourth-order valence-corrected chi connectivity index (χ4v) is 2.92. The van der Waals surface area contributed by atoms with Crippen LogP contribution in [0.25, 0.3) is 0 Å². The van der Waals surface area contributed by atoms with Crippen LogP contribution in [0.5, 0.6) is 5.75 Å². The van der Waals surface area contributed by atoms with Gasteiger partial charge in [-0.05, 0) is 50.6 Å². The highest BCUT2D eigenvalue weighted by Crippen LogP contribution is 2.24.